The number of hydrogen-bond donors (Lipinski definition) is 0. The summed E-state index contributed by atoms with van der Waals surface area (Å²) in [5.74, 6) is -2.32. The number of halogens is 3. The van der Waals surface area contributed by atoms with Gasteiger partial charge in [-0.15, -0.1) is 0 Å². The molecule has 0 saturated carbocycles. The minimum absolute atomic E-state index is 0.105. The van der Waals surface area contributed by atoms with Gasteiger partial charge in [-0.25, -0.2) is 4.79 Å². The third kappa shape index (κ3) is 3.76. The molecule has 0 fully saturated rings. The van der Waals surface area contributed by atoms with Crippen molar-refractivity contribution in [1.29, 1.82) is 0 Å². The molecule has 0 N–H and O–H groups in total. The lowest BCUT2D eigenvalue weighted by molar-refractivity contribution is -0.189. The van der Waals surface area contributed by atoms with Crippen LogP contribution < -0.4 is 4.74 Å². The molecule has 0 bridgehead atoms. The molecule has 0 aliphatic rings. The molecule has 0 aliphatic heterocycles. The van der Waals surface area contributed by atoms with Crippen molar-refractivity contribution in [3.63, 3.8) is 0 Å². The van der Waals surface area contributed by atoms with Gasteiger partial charge in [-0.05, 0) is 23.1 Å². The topological polar surface area (TPSA) is 26.3 Å². The van der Waals surface area contributed by atoms with Crippen LogP contribution in [-0.2, 0) is 10.2 Å². The highest BCUT2D eigenvalue weighted by atomic mass is 19.4. The van der Waals surface area contributed by atoms with E-state index in [9.17, 15) is 18.0 Å². The summed E-state index contributed by atoms with van der Waals surface area (Å²) in [5.41, 5.74) is 0.844. The standard InChI is InChI=1S/C12H13F3O2/c1-11(2,3)8-4-6-9(7-5-8)17-10(16)12(13,14)15/h4-7H,1-3H3. The first-order valence-electron chi connectivity index (χ1n) is 5.00. The fourth-order valence-electron chi connectivity index (χ4n) is 1.19. The smallest absolute Gasteiger partial charge is 0.420 e. The minimum atomic E-state index is -4.97. The van der Waals surface area contributed by atoms with Crippen molar-refractivity contribution in [3.8, 4) is 5.75 Å². The van der Waals surface area contributed by atoms with E-state index in [1.54, 1.807) is 12.1 Å². The molecule has 0 spiro atoms. The van der Waals surface area contributed by atoms with E-state index in [1.165, 1.54) is 12.1 Å². The maximum atomic E-state index is 11.9. The van der Waals surface area contributed by atoms with Gasteiger partial charge in [-0.3, -0.25) is 0 Å². The van der Waals surface area contributed by atoms with Crippen LogP contribution in [0.15, 0.2) is 24.3 Å². The highest BCUT2D eigenvalue weighted by molar-refractivity contribution is 5.78. The van der Waals surface area contributed by atoms with Crippen molar-refractivity contribution in [2.24, 2.45) is 0 Å². The Bertz CT molecular complexity index is 399. The molecule has 0 aromatic heterocycles. The first-order valence-corrected chi connectivity index (χ1v) is 5.00. The molecule has 0 aliphatic carbocycles. The fourth-order valence-corrected chi connectivity index (χ4v) is 1.19. The van der Waals surface area contributed by atoms with Gasteiger partial charge in [0, 0.05) is 0 Å². The SMILES string of the molecule is CC(C)(C)c1ccc(OC(=O)C(F)(F)F)cc1. The average Bonchev–Trinajstić information content (AvgIpc) is 2.15. The summed E-state index contributed by atoms with van der Waals surface area (Å²) in [4.78, 5) is 10.6. The molecule has 1 aromatic rings. The molecule has 0 atom stereocenters. The van der Waals surface area contributed by atoms with Crippen LogP contribution in [0, 0.1) is 0 Å². The van der Waals surface area contributed by atoms with E-state index in [4.69, 9.17) is 0 Å². The maximum absolute atomic E-state index is 11.9. The highest BCUT2D eigenvalue weighted by Gasteiger charge is 2.41. The second-order valence-corrected chi connectivity index (χ2v) is 4.66. The Hall–Kier alpha value is -1.52. The number of alkyl halides is 3. The third-order valence-electron chi connectivity index (χ3n) is 2.16. The van der Waals surface area contributed by atoms with Crippen molar-refractivity contribution < 1.29 is 22.7 Å². The lowest BCUT2D eigenvalue weighted by Gasteiger charge is -2.19. The van der Waals surface area contributed by atoms with Crippen LogP contribution in [0.4, 0.5) is 13.2 Å². The van der Waals surface area contributed by atoms with Gasteiger partial charge in [0.15, 0.2) is 0 Å². The van der Waals surface area contributed by atoms with Crippen molar-refractivity contribution in [1.82, 2.24) is 0 Å². The molecular weight excluding hydrogens is 233 g/mol. The van der Waals surface area contributed by atoms with Gasteiger partial charge < -0.3 is 4.74 Å². The predicted molar refractivity (Wildman–Crippen MR) is 56.8 cm³/mol. The summed E-state index contributed by atoms with van der Waals surface area (Å²) in [6.45, 7) is 5.93. The van der Waals surface area contributed by atoms with Gasteiger partial charge in [0.25, 0.3) is 0 Å². The minimum Gasteiger partial charge on any atom is -0.420 e. The van der Waals surface area contributed by atoms with Gasteiger partial charge in [-0.1, -0.05) is 32.9 Å². The molecule has 0 saturated heterocycles. The summed E-state index contributed by atoms with van der Waals surface area (Å²) in [6, 6.07) is 5.98. The summed E-state index contributed by atoms with van der Waals surface area (Å²) >= 11 is 0. The molecule has 0 unspecified atom stereocenters. The molecule has 0 heterocycles. The monoisotopic (exact) mass is 246 g/mol. The summed E-state index contributed by atoms with van der Waals surface area (Å²) < 4.78 is 40.0. The van der Waals surface area contributed by atoms with Crippen molar-refractivity contribution in [2.75, 3.05) is 0 Å². The average molecular weight is 246 g/mol. The van der Waals surface area contributed by atoms with Crippen LogP contribution in [0.3, 0.4) is 0 Å². The van der Waals surface area contributed by atoms with Crippen molar-refractivity contribution in [2.45, 2.75) is 32.4 Å². The Balaban J connectivity index is 2.80. The number of hydrogen-bond acceptors (Lipinski definition) is 2. The second kappa shape index (κ2) is 4.39. The molecule has 1 rings (SSSR count). The second-order valence-electron chi connectivity index (χ2n) is 4.66. The van der Waals surface area contributed by atoms with Crippen LogP contribution in [0.25, 0.3) is 0 Å². The number of carbonyl (C=O) groups excluding carboxylic acids is 1. The van der Waals surface area contributed by atoms with Crippen LogP contribution in [0.5, 0.6) is 5.75 Å². The van der Waals surface area contributed by atoms with E-state index in [0.717, 1.165) is 5.56 Å². The fraction of sp³-hybridized carbons (Fsp3) is 0.417. The van der Waals surface area contributed by atoms with Crippen LogP contribution in [0.1, 0.15) is 26.3 Å². The number of benzene rings is 1. The molecule has 94 valence electrons. The van der Waals surface area contributed by atoms with Gasteiger partial charge in [0.1, 0.15) is 5.75 Å². The third-order valence-corrected chi connectivity index (χ3v) is 2.16. The van der Waals surface area contributed by atoms with E-state index in [1.807, 2.05) is 20.8 Å². The predicted octanol–water partition coefficient (Wildman–Crippen LogP) is 3.45. The molecule has 5 heteroatoms. The first-order chi connectivity index (χ1) is 7.60. The summed E-state index contributed by atoms with van der Waals surface area (Å²) in [6.07, 6.45) is -4.97. The molecule has 0 amide bonds. The Morgan fingerprint density at radius 3 is 1.88 bits per heavy atom. The zero-order chi connectivity index (χ0) is 13.3. The van der Waals surface area contributed by atoms with Crippen molar-refractivity contribution >= 4 is 5.97 Å². The molecule has 2 nitrogen and oxygen atoms in total. The van der Waals surface area contributed by atoms with Gasteiger partial charge in [0.2, 0.25) is 0 Å². The summed E-state index contributed by atoms with van der Waals surface area (Å²) in [5, 5.41) is 0. The zero-order valence-corrected chi connectivity index (χ0v) is 9.76. The van der Waals surface area contributed by atoms with E-state index in [-0.39, 0.29) is 11.2 Å². The number of carbonyl (C=O) groups is 1. The zero-order valence-electron chi connectivity index (χ0n) is 9.76. The Morgan fingerprint density at radius 1 is 1.06 bits per heavy atom. The first kappa shape index (κ1) is 13.5. The number of esters is 1. The summed E-state index contributed by atoms with van der Waals surface area (Å²) in [7, 11) is 0. The molecule has 0 radical (unpaired) electrons. The number of rotatable bonds is 1. The Labute approximate surface area is 97.4 Å². The normalized spacial score (nSPS) is 12.4. The van der Waals surface area contributed by atoms with E-state index >= 15 is 0 Å². The lowest BCUT2D eigenvalue weighted by Crippen LogP contribution is -2.28. The largest absolute Gasteiger partial charge is 0.491 e. The van der Waals surface area contributed by atoms with Gasteiger partial charge in [0.05, 0.1) is 0 Å². The van der Waals surface area contributed by atoms with Crippen LogP contribution in [-0.4, -0.2) is 12.1 Å². The molecule has 17 heavy (non-hydrogen) atoms. The Kier molecular flexibility index (Phi) is 3.50. The van der Waals surface area contributed by atoms with E-state index in [0.29, 0.717) is 0 Å². The van der Waals surface area contributed by atoms with E-state index in [2.05, 4.69) is 4.74 Å². The molecule has 1 aromatic carbocycles. The maximum Gasteiger partial charge on any atom is 0.491 e. The lowest BCUT2D eigenvalue weighted by atomic mass is 9.87. The van der Waals surface area contributed by atoms with Crippen LogP contribution >= 0.6 is 0 Å². The quantitative estimate of drug-likeness (QED) is 0.560. The van der Waals surface area contributed by atoms with Crippen molar-refractivity contribution in [3.05, 3.63) is 29.8 Å². The van der Waals surface area contributed by atoms with Crippen LogP contribution in [0.2, 0.25) is 0 Å². The number of ether oxygens (including phenoxy) is 1. The van der Waals surface area contributed by atoms with Gasteiger partial charge in [-0.2, -0.15) is 13.2 Å². The Morgan fingerprint density at radius 2 is 1.53 bits per heavy atom. The highest BCUT2D eigenvalue weighted by Crippen LogP contribution is 2.25. The van der Waals surface area contributed by atoms with E-state index < -0.39 is 12.1 Å². The van der Waals surface area contributed by atoms with Gasteiger partial charge >= 0.3 is 12.1 Å². The molecular formula is C12H13F3O2.